The second-order valence-electron chi connectivity index (χ2n) is 3.93. The number of carbonyl (C=O) groups excluding carboxylic acids is 1. The Morgan fingerprint density at radius 1 is 1.33 bits per heavy atom. The van der Waals surface area contributed by atoms with Gasteiger partial charge in [-0.15, -0.1) is 0 Å². The standard InChI is InChI=1S/C14H12BrFO2/c1-2-10-6-7-13(18-10)12(17)8-9-4-3-5-11(16)14(9)15/h3-7H,2,8H2,1H3. The van der Waals surface area contributed by atoms with Crippen molar-refractivity contribution in [2.45, 2.75) is 19.8 Å². The van der Waals surface area contributed by atoms with Gasteiger partial charge in [0.2, 0.25) is 5.78 Å². The smallest absolute Gasteiger partial charge is 0.202 e. The fourth-order valence-corrected chi connectivity index (χ4v) is 2.07. The molecule has 0 N–H and O–H groups in total. The highest BCUT2D eigenvalue weighted by Gasteiger charge is 2.14. The lowest BCUT2D eigenvalue weighted by molar-refractivity contribution is 0.0964. The van der Waals surface area contributed by atoms with Crippen molar-refractivity contribution in [1.29, 1.82) is 0 Å². The summed E-state index contributed by atoms with van der Waals surface area (Å²) >= 11 is 3.14. The van der Waals surface area contributed by atoms with Crippen LogP contribution in [0.15, 0.2) is 39.2 Å². The summed E-state index contributed by atoms with van der Waals surface area (Å²) in [5, 5.41) is 0. The van der Waals surface area contributed by atoms with Gasteiger partial charge in [0, 0.05) is 12.8 Å². The Bertz CT molecular complexity index is 575. The minimum atomic E-state index is -0.367. The van der Waals surface area contributed by atoms with E-state index in [9.17, 15) is 9.18 Å². The van der Waals surface area contributed by atoms with Gasteiger partial charge in [0.05, 0.1) is 4.47 Å². The fraction of sp³-hybridized carbons (Fsp3) is 0.214. The van der Waals surface area contributed by atoms with Crippen LogP contribution < -0.4 is 0 Å². The van der Waals surface area contributed by atoms with Crippen molar-refractivity contribution >= 4 is 21.7 Å². The number of halogens is 2. The van der Waals surface area contributed by atoms with Gasteiger partial charge in [0.25, 0.3) is 0 Å². The third-order valence-electron chi connectivity index (χ3n) is 2.67. The van der Waals surface area contributed by atoms with Gasteiger partial charge < -0.3 is 4.42 Å². The van der Waals surface area contributed by atoms with Crippen LogP contribution in [0.2, 0.25) is 0 Å². The van der Waals surface area contributed by atoms with Gasteiger partial charge in [-0.05, 0) is 39.7 Å². The van der Waals surface area contributed by atoms with Gasteiger partial charge in [0.1, 0.15) is 11.6 Å². The zero-order valence-corrected chi connectivity index (χ0v) is 11.5. The number of aryl methyl sites for hydroxylation is 1. The molecule has 2 aromatic rings. The van der Waals surface area contributed by atoms with Gasteiger partial charge in [-0.25, -0.2) is 4.39 Å². The number of rotatable bonds is 4. The Labute approximate surface area is 113 Å². The van der Waals surface area contributed by atoms with E-state index in [1.165, 1.54) is 6.07 Å². The molecule has 2 nitrogen and oxygen atoms in total. The van der Waals surface area contributed by atoms with Crippen LogP contribution in [0.4, 0.5) is 4.39 Å². The monoisotopic (exact) mass is 310 g/mol. The zero-order chi connectivity index (χ0) is 13.1. The Morgan fingerprint density at radius 2 is 2.11 bits per heavy atom. The van der Waals surface area contributed by atoms with E-state index in [1.54, 1.807) is 24.3 Å². The van der Waals surface area contributed by atoms with E-state index >= 15 is 0 Å². The zero-order valence-electron chi connectivity index (χ0n) is 9.87. The van der Waals surface area contributed by atoms with E-state index in [0.717, 1.165) is 12.2 Å². The Kier molecular flexibility index (Phi) is 3.97. The van der Waals surface area contributed by atoms with Crippen molar-refractivity contribution in [3.63, 3.8) is 0 Å². The summed E-state index contributed by atoms with van der Waals surface area (Å²) in [7, 11) is 0. The topological polar surface area (TPSA) is 30.2 Å². The number of benzene rings is 1. The van der Waals surface area contributed by atoms with Crippen LogP contribution >= 0.6 is 15.9 Å². The van der Waals surface area contributed by atoms with Crippen molar-refractivity contribution < 1.29 is 13.6 Å². The number of hydrogen-bond acceptors (Lipinski definition) is 2. The quantitative estimate of drug-likeness (QED) is 0.793. The highest BCUT2D eigenvalue weighted by molar-refractivity contribution is 9.10. The minimum absolute atomic E-state index is 0.120. The normalized spacial score (nSPS) is 10.6. The summed E-state index contributed by atoms with van der Waals surface area (Å²) in [5.74, 6) is 0.578. The molecule has 0 saturated heterocycles. The molecule has 0 unspecified atom stereocenters. The maximum Gasteiger partial charge on any atom is 0.202 e. The molecule has 94 valence electrons. The maximum atomic E-state index is 13.3. The third-order valence-corrected chi connectivity index (χ3v) is 3.56. The lowest BCUT2D eigenvalue weighted by atomic mass is 10.1. The van der Waals surface area contributed by atoms with E-state index in [1.807, 2.05) is 6.92 Å². The number of hydrogen-bond donors (Lipinski definition) is 0. The van der Waals surface area contributed by atoms with Crippen LogP contribution in [0.5, 0.6) is 0 Å². The van der Waals surface area contributed by atoms with Gasteiger partial charge >= 0.3 is 0 Å². The van der Waals surface area contributed by atoms with Crippen LogP contribution in [0.3, 0.4) is 0 Å². The average Bonchev–Trinajstić information content (AvgIpc) is 2.83. The first-order valence-corrected chi connectivity index (χ1v) is 6.46. The molecule has 0 radical (unpaired) electrons. The molecule has 0 fully saturated rings. The maximum absolute atomic E-state index is 13.3. The number of carbonyl (C=O) groups is 1. The van der Waals surface area contributed by atoms with Crippen molar-refractivity contribution in [2.24, 2.45) is 0 Å². The van der Waals surface area contributed by atoms with Crippen molar-refractivity contribution in [2.75, 3.05) is 0 Å². The average molecular weight is 311 g/mol. The predicted octanol–water partition coefficient (Wildman–Crippen LogP) is 4.17. The SMILES string of the molecule is CCc1ccc(C(=O)Cc2cccc(F)c2Br)o1. The summed E-state index contributed by atoms with van der Waals surface area (Å²) in [6, 6.07) is 8.10. The largest absolute Gasteiger partial charge is 0.458 e. The van der Waals surface area contributed by atoms with Gasteiger partial charge in [-0.1, -0.05) is 19.1 Å². The van der Waals surface area contributed by atoms with Crippen LogP contribution in [-0.2, 0) is 12.8 Å². The highest BCUT2D eigenvalue weighted by atomic mass is 79.9. The molecule has 0 saturated carbocycles. The molecule has 0 amide bonds. The molecule has 18 heavy (non-hydrogen) atoms. The molecule has 0 spiro atoms. The minimum Gasteiger partial charge on any atom is -0.458 e. The molecule has 4 heteroatoms. The van der Waals surface area contributed by atoms with Crippen molar-refractivity contribution in [3.8, 4) is 0 Å². The van der Waals surface area contributed by atoms with Gasteiger partial charge in [-0.2, -0.15) is 0 Å². The Balaban J connectivity index is 2.18. The summed E-state index contributed by atoms with van der Waals surface area (Å²) in [5.41, 5.74) is 0.620. The molecule has 1 aromatic carbocycles. The first-order chi connectivity index (χ1) is 8.61. The molecule has 0 aliphatic rings. The Morgan fingerprint density at radius 3 is 2.78 bits per heavy atom. The lowest BCUT2D eigenvalue weighted by Crippen LogP contribution is -2.03. The fourth-order valence-electron chi connectivity index (χ4n) is 1.66. The first kappa shape index (κ1) is 13.0. The summed E-state index contributed by atoms with van der Waals surface area (Å²) in [6.07, 6.45) is 0.867. The molecule has 0 atom stereocenters. The van der Waals surface area contributed by atoms with Gasteiger partial charge in [-0.3, -0.25) is 4.79 Å². The van der Waals surface area contributed by atoms with E-state index in [4.69, 9.17) is 4.42 Å². The molecular weight excluding hydrogens is 299 g/mol. The molecule has 0 aliphatic heterocycles. The molecular formula is C14H12BrFO2. The van der Waals surface area contributed by atoms with Gasteiger partial charge in [0.15, 0.2) is 5.76 Å². The molecule has 0 bridgehead atoms. The van der Waals surface area contributed by atoms with E-state index in [0.29, 0.717) is 15.8 Å². The Hall–Kier alpha value is -1.42. The summed E-state index contributed by atoms with van der Waals surface area (Å²) in [4.78, 5) is 12.0. The lowest BCUT2D eigenvalue weighted by Gasteiger charge is -2.03. The van der Waals surface area contributed by atoms with Crippen LogP contribution in [0, 0.1) is 5.82 Å². The van der Waals surface area contributed by atoms with Crippen molar-refractivity contribution in [3.05, 3.63) is 57.7 Å². The second kappa shape index (κ2) is 5.48. The number of furan rings is 1. The van der Waals surface area contributed by atoms with E-state index in [2.05, 4.69) is 15.9 Å². The number of ketones is 1. The summed E-state index contributed by atoms with van der Waals surface area (Å²) in [6.45, 7) is 1.95. The number of Topliss-reactive ketones (excluding diaryl/α,β-unsaturated/α-hetero) is 1. The van der Waals surface area contributed by atoms with Crippen LogP contribution in [0.1, 0.15) is 28.8 Å². The highest BCUT2D eigenvalue weighted by Crippen LogP contribution is 2.22. The van der Waals surface area contributed by atoms with Crippen molar-refractivity contribution in [1.82, 2.24) is 0 Å². The van der Waals surface area contributed by atoms with E-state index < -0.39 is 0 Å². The molecule has 1 aromatic heterocycles. The van der Waals surface area contributed by atoms with Crippen LogP contribution in [-0.4, -0.2) is 5.78 Å². The second-order valence-corrected chi connectivity index (χ2v) is 4.73. The summed E-state index contributed by atoms with van der Waals surface area (Å²) < 4.78 is 19.0. The first-order valence-electron chi connectivity index (χ1n) is 5.66. The van der Waals surface area contributed by atoms with Crippen LogP contribution in [0.25, 0.3) is 0 Å². The third kappa shape index (κ3) is 2.70. The molecule has 0 aliphatic carbocycles. The molecule has 2 rings (SSSR count). The predicted molar refractivity (Wildman–Crippen MR) is 70.2 cm³/mol. The van der Waals surface area contributed by atoms with E-state index in [-0.39, 0.29) is 18.0 Å². The molecule has 1 heterocycles.